The van der Waals surface area contributed by atoms with Gasteiger partial charge in [0.1, 0.15) is 5.69 Å². The third-order valence-corrected chi connectivity index (χ3v) is 3.08. The Morgan fingerprint density at radius 1 is 1.47 bits per heavy atom. The maximum absolute atomic E-state index is 12.5. The van der Waals surface area contributed by atoms with E-state index in [1.54, 1.807) is 17.2 Å². The quantitative estimate of drug-likeness (QED) is 0.792. The molecule has 1 heterocycles. The molecule has 5 heteroatoms. The topological polar surface area (TPSA) is 71.5 Å². The molecule has 0 bridgehead atoms. The predicted molar refractivity (Wildman–Crippen MR) is 77.1 cm³/mol. The van der Waals surface area contributed by atoms with Crippen LogP contribution in [0.25, 0.3) is 0 Å². The molecule has 0 saturated heterocycles. The maximum atomic E-state index is 12.5. The normalized spacial score (nSPS) is 11.0. The van der Waals surface area contributed by atoms with E-state index in [4.69, 9.17) is 10.8 Å². The van der Waals surface area contributed by atoms with E-state index in [0.717, 1.165) is 12.8 Å². The van der Waals surface area contributed by atoms with E-state index in [1.165, 1.54) is 0 Å². The van der Waals surface area contributed by atoms with Crippen LogP contribution >= 0.6 is 0 Å². The minimum Gasteiger partial charge on any atom is -0.397 e. The van der Waals surface area contributed by atoms with Gasteiger partial charge >= 0.3 is 0 Å². The molecular weight excluding hydrogens is 242 g/mol. The Labute approximate surface area is 115 Å². The molecule has 1 rings (SSSR count). The van der Waals surface area contributed by atoms with Crippen LogP contribution in [0.1, 0.15) is 50.1 Å². The molecule has 0 radical (unpaired) electrons. The molecule has 0 atom stereocenters. The summed E-state index contributed by atoms with van der Waals surface area (Å²) >= 11 is 0. The molecule has 3 N–H and O–H groups in total. The van der Waals surface area contributed by atoms with Crippen LogP contribution in [0.5, 0.6) is 0 Å². The molecule has 0 fully saturated rings. The highest BCUT2D eigenvalue weighted by molar-refractivity contribution is 5.94. The van der Waals surface area contributed by atoms with Gasteiger partial charge in [0.05, 0.1) is 12.3 Å². The number of hydrogen-bond acceptors (Lipinski definition) is 3. The third kappa shape index (κ3) is 3.99. The summed E-state index contributed by atoms with van der Waals surface area (Å²) in [6.45, 7) is 7.11. The van der Waals surface area contributed by atoms with Crippen molar-refractivity contribution < 1.29 is 9.90 Å². The minimum absolute atomic E-state index is 0.0205. The summed E-state index contributed by atoms with van der Waals surface area (Å²) < 4.78 is 1.88. The van der Waals surface area contributed by atoms with Gasteiger partial charge in [-0.25, -0.2) is 0 Å². The zero-order valence-corrected chi connectivity index (χ0v) is 12.1. The van der Waals surface area contributed by atoms with Gasteiger partial charge in [-0.05, 0) is 26.3 Å². The van der Waals surface area contributed by atoms with Crippen molar-refractivity contribution in [1.29, 1.82) is 0 Å². The fourth-order valence-corrected chi connectivity index (χ4v) is 2.05. The standard InChI is InChI=1S/C14H25N3O2/c1-4-5-6-16(7-8-18)14(19)13-9-12(15)10-17(13)11(2)3/h9-11,18H,4-8,15H2,1-3H3. The highest BCUT2D eigenvalue weighted by Crippen LogP contribution is 2.18. The van der Waals surface area contributed by atoms with Crippen LogP contribution in [0.3, 0.4) is 0 Å². The lowest BCUT2D eigenvalue weighted by Gasteiger charge is -2.23. The van der Waals surface area contributed by atoms with Crippen molar-refractivity contribution in [2.45, 2.75) is 39.7 Å². The molecule has 19 heavy (non-hydrogen) atoms. The SMILES string of the molecule is CCCCN(CCO)C(=O)c1cc(N)cn1C(C)C. The second-order valence-electron chi connectivity index (χ2n) is 5.03. The van der Waals surface area contributed by atoms with Crippen molar-refractivity contribution in [2.24, 2.45) is 0 Å². The largest absolute Gasteiger partial charge is 0.397 e. The van der Waals surface area contributed by atoms with Crippen LogP contribution in [0.4, 0.5) is 5.69 Å². The summed E-state index contributed by atoms with van der Waals surface area (Å²) in [4.78, 5) is 14.2. The fourth-order valence-electron chi connectivity index (χ4n) is 2.05. The van der Waals surface area contributed by atoms with E-state index in [9.17, 15) is 4.79 Å². The van der Waals surface area contributed by atoms with Crippen molar-refractivity contribution in [2.75, 3.05) is 25.4 Å². The maximum Gasteiger partial charge on any atom is 0.270 e. The Kier molecular flexibility index (Phi) is 5.89. The number of unbranched alkanes of at least 4 members (excludes halogenated alkanes) is 1. The molecular formula is C14H25N3O2. The van der Waals surface area contributed by atoms with E-state index in [1.807, 2.05) is 18.4 Å². The number of nitrogen functional groups attached to an aromatic ring is 1. The fraction of sp³-hybridized carbons (Fsp3) is 0.643. The van der Waals surface area contributed by atoms with E-state index in [2.05, 4.69) is 6.92 Å². The Balaban J connectivity index is 2.95. The highest BCUT2D eigenvalue weighted by atomic mass is 16.3. The van der Waals surface area contributed by atoms with Crippen LogP contribution in [0.2, 0.25) is 0 Å². The van der Waals surface area contributed by atoms with Crippen LogP contribution in [-0.2, 0) is 0 Å². The summed E-state index contributed by atoms with van der Waals surface area (Å²) in [7, 11) is 0. The summed E-state index contributed by atoms with van der Waals surface area (Å²) in [5.74, 6) is -0.0621. The van der Waals surface area contributed by atoms with Crippen molar-refractivity contribution in [3.8, 4) is 0 Å². The molecule has 0 spiro atoms. The number of aliphatic hydroxyl groups excluding tert-OH is 1. The number of anilines is 1. The van der Waals surface area contributed by atoms with Gasteiger partial charge < -0.3 is 20.3 Å². The average Bonchev–Trinajstić information content (AvgIpc) is 2.76. The number of carbonyl (C=O) groups excluding carboxylic acids is 1. The number of rotatable bonds is 7. The summed E-state index contributed by atoms with van der Waals surface area (Å²) in [5.41, 5.74) is 6.98. The first-order valence-corrected chi connectivity index (χ1v) is 6.88. The second-order valence-corrected chi connectivity index (χ2v) is 5.03. The van der Waals surface area contributed by atoms with E-state index < -0.39 is 0 Å². The lowest BCUT2D eigenvalue weighted by molar-refractivity contribution is 0.0707. The van der Waals surface area contributed by atoms with Gasteiger partial charge in [-0.3, -0.25) is 4.79 Å². The molecule has 0 saturated carbocycles. The van der Waals surface area contributed by atoms with Crippen LogP contribution < -0.4 is 5.73 Å². The molecule has 1 aromatic rings. The van der Waals surface area contributed by atoms with E-state index in [0.29, 0.717) is 24.5 Å². The molecule has 0 unspecified atom stereocenters. The number of amides is 1. The predicted octanol–water partition coefficient (Wildman–Crippen LogP) is 1.89. The Bertz CT molecular complexity index is 413. The smallest absolute Gasteiger partial charge is 0.270 e. The molecule has 1 amide bonds. The van der Waals surface area contributed by atoms with Gasteiger partial charge in [-0.1, -0.05) is 13.3 Å². The van der Waals surface area contributed by atoms with Crippen molar-refractivity contribution in [3.63, 3.8) is 0 Å². The Morgan fingerprint density at radius 3 is 2.68 bits per heavy atom. The number of nitrogens with zero attached hydrogens (tertiary/aromatic N) is 2. The van der Waals surface area contributed by atoms with Crippen LogP contribution in [0, 0.1) is 0 Å². The van der Waals surface area contributed by atoms with E-state index in [-0.39, 0.29) is 18.6 Å². The Morgan fingerprint density at radius 2 is 2.16 bits per heavy atom. The average molecular weight is 267 g/mol. The van der Waals surface area contributed by atoms with Gasteiger partial charge in [-0.2, -0.15) is 0 Å². The van der Waals surface area contributed by atoms with Crippen molar-refractivity contribution in [1.82, 2.24) is 9.47 Å². The van der Waals surface area contributed by atoms with Crippen LogP contribution in [-0.4, -0.2) is 40.2 Å². The molecule has 1 aromatic heterocycles. The number of carbonyl (C=O) groups is 1. The molecule has 0 aliphatic heterocycles. The first kappa shape index (κ1) is 15.6. The van der Waals surface area contributed by atoms with Gasteiger partial charge in [-0.15, -0.1) is 0 Å². The minimum atomic E-state index is -0.0621. The van der Waals surface area contributed by atoms with Gasteiger partial charge in [0.15, 0.2) is 0 Å². The van der Waals surface area contributed by atoms with Crippen LogP contribution in [0.15, 0.2) is 12.3 Å². The monoisotopic (exact) mass is 267 g/mol. The molecule has 0 aliphatic rings. The van der Waals surface area contributed by atoms with Crippen molar-refractivity contribution >= 4 is 11.6 Å². The van der Waals surface area contributed by atoms with Gasteiger partial charge in [0.25, 0.3) is 5.91 Å². The molecule has 5 nitrogen and oxygen atoms in total. The highest BCUT2D eigenvalue weighted by Gasteiger charge is 2.20. The first-order chi connectivity index (χ1) is 9.01. The third-order valence-electron chi connectivity index (χ3n) is 3.08. The van der Waals surface area contributed by atoms with Gasteiger partial charge in [0.2, 0.25) is 0 Å². The number of aromatic nitrogens is 1. The van der Waals surface area contributed by atoms with E-state index >= 15 is 0 Å². The van der Waals surface area contributed by atoms with Crippen molar-refractivity contribution in [3.05, 3.63) is 18.0 Å². The van der Waals surface area contributed by atoms with Gasteiger partial charge in [0, 0.05) is 25.3 Å². The number of hydrogen-bond donors (Lipinski definition) is 2. The molecule has 0 aromatic carbocycles. The Hall–Kier alpha value is -1.49. The summed E-state index contributed by atoms with van der Waals surface area (Å²) in [5, 5.41) is 9.09. The number of nitrogens with two attached hydrogens (primary N) is 1. The lowest BCUT2D eigenvalue weighted by Crippen LogP contribution is -2.35. The molecule has 0 aliphatic carbocycles. The first-order valence-electron chi connectivity index (χ1n) is 6.88. The molecule has 108 valence electrons. The summed E-state index contributed by atoms with van der Waals surface area (Å²) in [6.07, 6.45) is 3.74. The zero-order valence-electron chi connectivity index (χ0n) is 12.1. The lowest BCUT2D eigenvalue weighted by atomic mass is 10.2. The second kappa shape index (κ2) is 7.19. The zero-order chi connectivity index (χ0) is 14.4. The number of aliphatic hydroxyl groups is 1. The summed E-state index contributed by atoms with van der Waals surface area (Å²) in [6, 6.07) is 1.89.